The van der Waals surface area contributed by atoms with E-state index in [1.54, 1.807) is 11.1 Å². The second kappa shape index (κ2) is 12.0. The highest BCUT2D eigenvalue weighted by atomic mass is 16.5. The maximum Gasteiger partial charge on any atom is 0.242 e. The van der Waals surface area contributed by atoms with E-state index < -0.39 is 0 Å². The van der Waals surface area contributed by atoms with Crippen LogP contribution in [0.5, 0.6) is 11.5 Å². The number of nitrogens with zero attached hydrogens (tertiary/aromatic N) is 3. The van der Waals surface area contributed by atoms with Gasteiger partial charge in [0.15, 0.2) is 0 Å². The molecule has 4 aromatic rings. The van der Waals surface area contributed by atoms with Crippen LogP contribution in [0.1, 0.15) is 22.4 Å². The highest BCUT2D eigenvalue weighted by Gasteiger charge is 2.22. The second-order valence-corrected chi connectivity index (χ2v) is 9.09. The summed E-state index contributed by atoms with van der Waals surface area (Å²) >= 11 is 0. The standard InChI is InChI=1S/C30H29N5O3/c36-28(17-22-8-3-1-4-9-22)31-20-29(37)35-15-14-27-24(21-35)19-33-30(34-27)32-18-23-10-7-13-26(16-23)38-25-11-5-2-6-12-25/h1-13,16,19H,14-15,17-18,20-21H2,(H,31,36)(H,32,33,34). The molecule has 0 aliphatic carbocycles. The molecule has 0 radical (unpaired) electrons. The minimum Gasteiger partial charge on any atom is -0.457 e. The zero-order valence-corrected chi connectivity index (χ0v) is 21.0. The lowest BCUT2D eigenvalue weighted by molar-refractivity contribution is -0.133. The topological polar surface area (TPSA) is 96.5 Å². The molecular formula is C30H29N5O3. The van der Waals surface area contributed by atoms with Gasteiger partial charge in [0.1, 0.15) is 11.5 Å². The summed E-state index contributed by atoms with van der Waals surface area (Å²) in [6, 6.07) is 27.0. The first kappa shape index (κ1) is 25.0. The normalized spacial score (nSPS) is 12.4. The third-order valence-corrected chi connectivity index (χ3v) is 6.26. The van der Waals surface area contributed by atoms with Gasteiger partial charge in [-0.2, -0.15) is 0 Å². The molecule has 0 atom stereocenters. The van der Waals surface area contributed by atoms with Gasteiger partial charge < -0.3 is 20.3 Å². The van der Waals surface area contributed by atoms with Crippen LogP contribution < -0.4 is 15.4 Å². The number of rotatable bonds is 9. The molecular weight excluding hydrogens is 478 g/mol. The summed E-state index contributed by atoms with van der Waals surface area (Å²) in [7, 11) is 0. The van der Waals surface area contributed by atoms with Gasteiger partial charge in [-0.3, -0.25) is 9.59 Å². The van der Waals surface area contributed by atoms with Crippen molar-refractivity contribution in [3.05, 3.63) is 114 Å². The first-order chi connectivity index (χ1) is 18.6. The van der Waals surface area contributed by atoms with Crippen molar-refractivity contribution >= 4 is 17.8 Å². The highest BCUT2D eigenvalue weighted by molar-refractivity contribution is 5.85. The molecule has 5 rings (SSSR count). The molecule has 2 N–H and O–H groups in total. The molecule has 0 saturated heterocycles. The van der Waals surface area contributed by atoms with Gasteiger partial charge in [-0.05, 0) is 35.4 Å². The average Bonchev–Trinajstić information content (AvgIpc) is 2.96. The van der Waals surface area contributed by atoms with E-state index in [1.807, 2.05) is 84.9 Å². The summed E-state index contributed by atoms with van der Waals surface area (Å²) in [6.45, 7) is 1.52. The Balaban J connectivity index is 1.11. The number of aromatic nitrogens is 2. The van der Waals surface area contributed by atoms with Gasteiger partial charge in [-0.1, -0.05) is 60.7 Å². The summed E-state index contributed by atoms with van der Waals surface area (Å²) in [5.41, 5.74) is 3.81. The van der Waals surface area contributed by atoms with Crippen molar-refractivity contribution < 1.29 is 14.3 Å². The zero-order chi connectivity index (χ0) is 26.2. The third kappa shape index (κ3) is 6.73. The molecule has 192 valence electrons. The van der Waals surface area contributed by atoms with E-state index in [-0.39, 0.29) is 24.8 Å². The maximum absolute atomic E-state index is 12.7. The number of hydrogen-bond donors (Lipinski definition) is 2. The van der Waals surface area contributed by atoms with Crippen molar-refractivity contribution in [2.24, 2.45) is 0 Å². The number of amides is 2. The average molecular weight is 508 g/mol. The van der Waals surface area contributed by atoms with E-state index >= 15 is 0 Å². The molecule has 0 bridgehead atoms. The van der Waals surface area contributed by atoms with E-state index in [0.29, 0.717) is 32.0 Å². The number of para-hydroxylation sites is 1. The van der Waals surface area contributed by atoms with Gasteiger partial charge in [-0.15, -0.1) is 0 Å². The molecule has 2 heterocycles. The first-order valence-electron chi connectivity index (χ1n) is 12.6. The summed E-state index contributed by atoms with van der Waals surface area (Å²) < 4.78 is 5.92. The van der Waals surface area contributed by atoms with Gasteiger partial charge >= 0.3 is 0 Å². The van der Waals surface area contributed by atoms with Crippen LogP contribution in [-0.4, -0.2) is 39.8 Å². The third-order valence-electron chi connectivity index (χ3n) is 6.26. The number of benzene rings is 3. The minimum absolute atomic E-state index is 0.0193. The fourth-order valence-electron chi connectivity index (χ4n) is 4.27. The Morgan fingerprint density at radius 3 is 2.45 bits per heavy atom. The molecule has 0 unspecified atom stereocenters. The Hall–Kier alpha value is -4.72. The van der Waals surface area contributed by atoms with Crippen LogP contribution in [0.2, 0.25) is 0 Å². The van der Waals surface area contributed by atoms with Crippen molar-refractivity contribution in [3.8, 4) is 11.5 Å². The molecule has 1 aliphatic heterocycles. The van der Waals surface area contributed by atoms with E-state index in [1.165, 1.54) is 0 Å². The molecule has 8 heteroatoms. The van der Waals surface area contributed by atoms with E-state index in [9.17, 15) is 9.59 Å². The number of fused-ring (bicyclic) bond motifs is 1. The summed E-state index contributed by atoms with van der Waals surface area (Å²) in [6.07, 6.45) is 2.66. The minimum atomic E-state index is -0.168. The predicted molar refractivity (Wildman–Crippen MR) is 145 cm³/mol. The smallest absolute Gasteiger partial charge is 0.242 e. The zero-order valence-electron chi connectivity index (χ0n) is 21.0. The van der Waals surface area contributed by atoms with Crippen LogP contribution in [-0.2, 0) is 35.5 Å². The van der Waals surface area contributed by atoms with Crippen LogP contribution in [0, 0.1) is 0 Å². The molecule has 2 amide bonds. The molecule has 3 aromatic carbocycles. The van der Waals surface area contributed by atoms with Crippen LogP contribution in [0.4, 0.5) is 5.95 Å². The number of ether oxygens (including phenoxy) is 1. The Morgan fingerprint density at radius 2 is 1.63 bits per heavy atom. The van der Waals surface area contributed by atoms with Crippen molar-refractivity contribution in [2.75, 3.05) is 18.4 Å². The molecule has 38 heavy (non-hydrogen) atoms. The Labute approximate surface area is 221 Å². The van der Waals surface area contributed by atoms with E-state index in [2.05, 4.69) is 20.6 Å². The molecule has 1 aliphatic rings. The molecule has 0 saturated carbocycles. The van der Waals surface area contributed by atoms with Gasteiger partial charge in [0.25, 0.3) is 0 Å². The lowest BCUT2D eigenvalue weighted by atomic mass is 10.1. The Bertz CT molecular complexity index is 1400. The molecule has 0 fully saturated rings. The SMILES string of the molecule is O=C(Cc1ccccc1)NCC(=O)N1CCc2nc(NCc3cccc(Oc4ccccc4)c3)ncc2C1. The predicted octanol–water partition coefficient (Wildman–Crippen LogP) is 4.12. The maximum atomic E-state index is 12.7. The number of hydrogen-bond acceptors (Lipinski definition) is 6. The quantitative estimate of drug-likeness (QED) is 0.354. The first-order valence-corrected chi connectivity index (χ1v) is 12.6. The summed E-state index contributed by atoms with van der Waals surface area (Å²) in [5, 5.41) is 6.01. The Kier molecular flexibility index (Phi) is 7.89. The van der Waals surface area contributed by atoms with E-state index in [4.69, 9.17) is 4.74 Å². The van der Waals surface area contributed by atoms with Crippen molar-refractivity contribution in [1.29, 1.82) is 0 Å². The van der Waals surface area contributed by atoms with Crippen molar-refractivity contribution in [1.82, 2.24) is 20.2 Å². The monoisotopic (exact) mass is 507 g/mol. The van der Waals surface area contributed by atoms with Gasteiger partial charge in [0.05, 0.1) is 18.7 Å². The largest absolute Gasteiger partial charge is 0.457 e. The lowest BCUT2D eigenvalue weighted by Gasteiger charge is -2.28. The van der Waals surface area contributed by atoms with E-state index in [0.717, 1.165) is 33.9 Å². The van der Waals surface area contributed by atoms with Crippen molar-refractivity contribution in [3.63, 3.8) is 0 Å². The number of nitrogens with one attached hydrogen (secondary N) is 2. The van der Waals surface area contributed by atoms with Crippen LogP contribution in [0.25, 0.3) is 0 Å². The fraction of sp³-hybridized carbons (Fsp3) is 0.200. The molecule has 0 spiro atoms. The summed E-state index contributed by atoms with van der Waals surface area (Å²) in [4.78, 5) is 35.7. The number of anilines is 1. The second-order valence-electron chi connectivity index (χ2n) is 9.09. The Morgan fingerprint density at radius 1 is 0.895 bits per heavy atom. The number of carbonyl (C=O) groups is 2. The fourth-order valence-corrected chi connectivity index (χ4v) is 4.27. The van der Waals surface area contributed by atoms with Crippen molar-refractivity contribution in [2.45, 2.75) is 25.9 Å². The lowest BCUT2D eigenvalue weighted by Crippen LogP contribution is -2.43. The van der Waals surface area contributed by atoms with Crippen LogP contribution in [0.15, 0.2) is 91.1 Å². The highest BCUT2D eigenvalue weighted by Crippen LogP contribution is 2.22. The van der Waals surface area contributed by atoms with Crippen LogP contribution >= 0.6 is 0 Å². The van der Waals surface area contributed by atoms with Gasteiger partial charge in [0, 0.05) is 37.8 Å². The van der Waals surface area contributed by atoms with Gasteiger partial charge in [0.2, 0.25) is 17.8 Å². The summed E-state index contributed by atoms with van der Waals surface area (Å²) in [5.74, 6) is 1.82. The number of carbonyl (C=O) groups excluding carboxylic acids is 2. The van der Waals surface area contributed by atoms with Crippen LogP contribution in [0.3, 0.4) is 0 Å². The molecule has 8 nitrogen and oxygen atoms in total. The molecule has 1 aromatic heterocycles. The van der Waals surface area contributed by atoms with Gasteiger partial charge in [-0.25, -0.2) is 9.97 Å².